The highest BCUT2D eigenvalue weighted by atomic mass is 19.1. The van der Waals surface area contributed by atoms with Gasteiger partial charge in [-0.25, -0.2) is 4.39 Å². The minimum Gasteiger partial charge on any atom is -0.308 e. The van der Waals surface area contributed by atoms with Crippen LogP contribution >= 0.6 is 0 Å². The molecule has 3 unspecified atom stereocenters. The molecule has 0 radical (unpaired) electrons. The maximum atomic E-state index is 13.1. The van der Waals surface area contributed by atoms with Crippen molar-refractivity contribution in [3.63, 3.8) is 0 Å². The van der Waals surface area contributed by atoms with Gasteiger partial charge in [0, 0.05) is 13.1 Å². The predicted molar refractivity (Wildman–Crippen MR) is 84.6 cm³/mol. The molecule has 0 aromatic carbocycles. The van der Waals surface area contributed by atoms with E-state index in [4.69, 9.17) is 0 Å². The zero-order chi connectivity index (χ0) is 15.2. The van der Waals surface area contributed by atoms with Gasteiger partial charge in [0.05, 0.1) is 17.9 Å². The summed E-state index contributed by atoms with van der Waals surface area (Å²) >= 11 is 0. The normalized spacial score (nSPS) is 22.4. The van der Waals surface area contributed by atoms with Crippen molar-refractivity contribution < 1.29 is 4.39 Å². The first-order valence-corrected chi connectivity index (χ1v) is 8.17. The third kappa shape index (κ3) is 4.75. The van der Waals surface area contributed by atoms with Gasteiger partial charge in [-0.2, -0.15) is 0 Å². The lowest BCUT2D eigenvalue weighted by Crippen LogP contribution is -2.35. The van der Waals surface area contributed by atoms with Gasteiger partial charge in [-0.3, -0.25) is 4.98 Å². The number of rotatable bonds is 7. The molecule has 21 heavy (non-hydrogen) atoms. The Balaban J connectivity index is 2.02. The van der Waals surface area contributed by atoms with E-state index < -0.39 is 0 Å². The third-order valence-electron chi connectivity index (χ3n) is 4.31. The molecule has 3 nitrogen and oxygen atoms in total. The molecule has 0 spiro atoms. The quantitative estimate of drug-likeness (QED) is 0.836. The van der Waals surface area contributed by atoms with Crippen molar-refractivity contribution in [1.29, 1.82) is 0 Å². The lowest BCUT2D eigenvalue weighted by atomic mass is 9.97. The molecule has 1 aliphatic heterocycles. The Hall–Kier alpha value is -1.00. The number of hydrogen-bond acceptors (Lipinski definition) is 3. The Bertz CT molecular complexity index is 421. The third-order valence-corrected chi connectivity index (χ3v) is 4.31. The summed E-state index contributed by atoms with van der Waals surface area (Å²) in [5.74, 6) is 0.997. The van der Waals surface area contributed by atoms with E-state index >= 15 is 0 Å². The van der Waals surface area contributed by atoms with Crippen LogP contribution in [0.4, 0.5) is 4.39 Å². The van der Waals surface area contributed by atoms with Gasteiger partial charge in [-0.1, -0.05) is 20.8 Å². The molecule has 118 valence electrons. The summed E-state index contributed by atoms with van der Waals surface area (Å²) in [5, 5.41) is 3.58. The SMILES string of the molecule is CCCNC(c1ccc(F)cn1)C(C)CN1CCC(C)C1. The topological polar surface area (TPSA) is 28.2 Å². The molecule has 2 heterocycles. The van der Waals surface area contributed by atoms with Crippen LogP contribution in [0.5, 0.6) is 0 Å². The number of likely N-dealkylation sites (tertiary alicyclic amines) is 1. The Morgan fingerprint density at radius 3 is 2.86 bits per heavy atom. The summed E-state index contributed by atoms with van der Waals surface area (Å²) in [4.78, 5) is 6.83. The number of nitrogens with one attached hydrogen (secondary N) is 1. The molecular formula is C17H28FN3. The van der Waals surface area contributed by atoms with E-state index in [0.717, 1.165) is 31.1 Å². The van der Waals surface area contributed by atoms with Gasteiger partial charge in [0.2, 0.25) is 0 Å². The fourth-order valence-corrected chi connectivity index (χ4v) is 3.17. The monoisotopic (exact) mass is 293 g/mol. The van der Waals surface area contributed by atoms with Gasteiger partial charge in [0.1, 0.15) is 5.82 Å². The van der Waals surface area contributed by atoms with Gasteiger partial charge in [0.25, 0.3) is 0 Å². The van der Waals surface area contributed by atoms with E-state index in [1.807, 2.05) is 6.07 Å². The number of aromatic nitrogens is 1. The molecule has 1 aromatic rings. The van der Waals surface area contributed by atoms with E-state index in [9.17, 15) is 4.39 Å². The molecule has 1 N–H and O–H groups in total. The van der Waals surface area contributed by atoms with E-state index in [-0.39, 0.29) is 11.9 Å². The van der Waals surface area contributed by atoms with Gasteiger partial charge < -0.3 is 10.2 Å². The lowest BCUT2D eigenvalue weighted by Gasteiger charge is -2.28. The van der Waals surface area contributed by atoms with Gasteiger partial charge in [0.15, 0.2) is 0 Å². The van der Waals surface area contributed by atoms with Crippen LogP contribution < -0.4 is 5.32 Å². The Morgan fingerprint density at radius 1 is 1.48 bits per heavy atom. The molecule has 0 amide bonds. The first-order chi connectivity index (χ1) is 10.1. The highest BCUT2D eigenvalue weighted by Gasteiger charge is 2.25. The van der Waals surface area contributed by atoms with Gasteiger partial charge in [-0.05, 0) is 49.9 Å². The first-order valence-electron chi connectivity index (χ1n) is 8.17. The zero-order valence-electron chi connectivity index (χ0n) is 13.5. The standard InChI is InChI=1S/C17H28FN3/c1-4-8-19-17(16-6-5-15(18)10-20-16)14(3)12-21-9-7-13(2)11-21/h5-6,10,13-14,17,19H,4,7-9,11-12H2,1-3H3. The average Bonchev–Trinajstić information content (AvgIpc) is 2.86. The van der Waals surface area contributed by atoms with E-state index in [2.05, 4.69) is 36.0 Å². The summed E-state index contributed by atoms with van der Waals surface area (Å²) < 4.78 is 13.1. The highest BCUT2D eigenvalue weighted by Crippen LogP contribution is 2.24. The van der Waals surface area contributed by atoms with Gasteiger partial charge in [-0.15, -0.1) is 0 Å². The average molecular weight is 293 g/mol. The van der Waals surface area contributed by atoms with Crippen LogP contribution in [0.3, 0.4) is 0 Å². The minimum atomic E-state index is -0.269. The molecule has 4 heteroatoms. The summed E-state index contributed by atoms with van der Waals surface area (Å²) in [7, 11) is 0. The largest absolute Gasteiger partial charge is 0.308 e. The van der Waals surface area contributed by atoms with Crippen molar-refractivity contribution in [3.8, 4) is 0 Å². The van der Waals surface area contributed by atoms with Crippen molar-refractivity contribution in [2.45, 2.75) is 39.7 Å². The molecule has 2 rings (SSSR count). The van der Waals surface area contributed by atoms with E-state index in [1.54, 1.807) is 0 Å². The van der Waals surface area contributed by atoms with Crippen LogP contribution in [0, 0.1) is 17.7 Å². The Labute approximate surface area is 127 Å². The van der Waals surface area contributed by atoms with Crippen molar-refractivity contribution >= 4 is 0 Å². The fourth-order valence-electron chi connectivity index (χ4n) is 3.17. The number of nitrogens with zero attached hydrogens (tertiary/aromatic N) is 2. The molecule has 1 aliphatic rings. The Morgan fingerprint density at radius 2 is 2.29 bits per heavy atom. The summed E-state index contributed by atoms with van der Waals surface area (Å²) in [6.45, 7) is 11.2. The van der Waals surface area contributed by atoms with E-state index in [1.165, 1.54) is 31.8 Å². The van der Waals surface area contributed by atoms with Crippen LogP contribution in [0.25, 0.3) is 0 Å². The molecule has 0 saturated carbocycles. The van der Waals surface area contributed by atoms with Crippen LogP contribution in [-0.4, -0.2) is 36.1 Å². The molecule has 3 atom stereocenters. The van der Waals surface area contributed by atoms with Gasteiger partial charge >= 0.3 is 0 Å². The molecule has 1 fully saturated rings. The Kier molecular flexibility index (Phi) is 6.12. The van der Waals surface area contributed by atoms with Crippen molar-refractivity contribution in [2.75, 3.05) is 26.2 Å². The summed E-state index contributed by atoms with van der Waals surface area (Å²) in [5.41, 5.74) is 0.949. The maximum Gasteiger partial charge on any atom is 0.141 e. The van der Waals surface area contributed by atoms with E-state index in [0.29, 0.717) is 5.92 Å². The van der Waals surface area contributed by atoms with Crippen molar-refractivity contribution in [2.24, 2.45) is 11.8 Å². The van der Waals surface area contributed by atoms with Crippen LogP contribution in [0.1, 0.15) is 45.3 Å². The molecular weight excluding hydrogens is 265 g/mol. The van der Waals surface area contributed by atoms with Crippen LogP contribution in [-0.2, 0) is 0 Å². The van der Waals surface area contributed by atoms with Crippen molar-refractivity contribution in [1.82, 2.24) is 15.2 Å². The minimum absolute atomic E-state index is 0.196. The number of hydrogen-bond donors (Lipinski definition) is 1. The summed E-state index contributed by atoms with van der Waals surface area (Å²) in [6, 6.07) is 3.51. The predicted octanol–water partition coefficient (Wildman–Crippen LogP) is 3.24. The molecule has 1 aromatic heterocycles. The number of pyridine rings is 1. The zero-order valence-corrected chi connectivity index (χ0v) is 13.5. The molecule has 0 aliphatic carbocycles. The fraction of sp³-hybridized carbons (Fsp3) is 0.706. The van der Waals surface area contributed by atoms with Crippen molar-refractivity contribution in [3.05, 3.63) is 29.8 Å². The second-order valence-electron chi connectivity index (χ2n) is 6.46. The van der Waals surface area contributed by atoms with Crippen LogP contribution in [0.15, 0.2) is 18.3 Å². The maximum absolute atomic E-state index is 13.1. The first kappa shape index (κ1) is 16.4. The van der Waals surface area contributed by atoms with Crippen LogP contribution in [0.2, 0.25) is 0 Å². The second-order valence-corrected chi connectivity index (χ2v) is 6.46. The highest BCUT2D eigenvalue weighted by molar-refractivity contribution is 5.11. The molecule has 0 bridgehead atoms. The number of halogens is 1. The smallest absolute Gasteiger partial charge is 0.141 e. The summed E-state index contributed by atoms with van der Waals surface area (Å²) in [6.07, 6.45) is 3.71. The second kappa shape index (κ2) is 7.85. The molecule has 1 saturated heterocycles. The lowest BCUT2D eigenvalue weighted by molar-refractivity contribution is 0.240.